The molecule has 1 aromatic heterocycles. The van der Waals surface area contributed by atoms with Gasteiger partial charge in [0.15, 0.2) is 0 Å². The third kappa shape index (κ3) is 3.59. The second-order valence-electron chi connectivity index (χ2n) is 6.87. The minimum atomic E-state index is -0.395. The first-order chi connectivity index (χ1) is 14.1. The lowest BCUT2D eigenvalue weighted by Crippen LogP contribution is -2.31. The second kappa shape index (κ2) is 7.79. The maximum atomic E-state index is 13.3. The number of anilines is 2. The first kappa shape index (κ1) is 18.7. The number of carbonyl (C=O) groups excluding carboxylic acids is 1. The standard InChI is InChI=1S/C22H23N5O2/c1-4-29-17-11-9-16(10-12-17)20-19(15(3)25-22-23-13-24-27(20)22)21(28)26-18-8-6-5-7-14(18)2/h5-13,20H,4H2,1-3H3,(H,26,28)(H,23,24,25)/t20-/m1/s1. The summed E-state index contributed by atoms with van der Waals surface area (Å²) in [7, 11) is 0. The largest absolute Gasteiger partial charge is 0.494 e. The number of aromatic nitrogens is 3. The molecule has 3 aromatic rings. The average Bonchev–Trinajstić information content (AvgIpc) is 3.17. The average molecular weight is 389 g/mol. The van der Waals surface area contributed by atoms with E-state index in [1.165, 1.54) is 6.33 Å². The third-order valence-electron chi connectivity index (χ3n) is 4.94. The fourth-order valence-electron chi connectivity index (χ4n) is 3.51. The summed E-state index contributed by atoms with van der Waals surface area (Å²) >= 11 is 0. The number of carbonyl (C=O) groups is 1. The van der Waals surface area contributed by atoms with Crippen molar-refractivity contribution in [1.82, 2.24) is 14.8 Å². The lowest BCUT2D eigenvalue weighted by Gasteiger charge is -2.29. The Hall–Kier alpha value is -3.61. The van der Waals surface area contributed by atoms with Crippen LogP contribution in [0.3, 0.4) is 0 Å². The van der Waals surface area contributed by atoms with Gasteiger partial charge in [-0.25, -0.2) is 4.68 Å². The number of benzene rings is 2. The van der Waals surface area contributed by atoms with Crippen LogP contribution in [0, 0.1) is 6.92 Å². The van der Waals surface area contributed by atoms with Crippen LogP contribution in [-0.4, -0.2) is 27.3 Å². The Morgan fingerprint density at radius 1 is 1.17 bits per heavy atom. The van der Waals surface area contributed by atoms with Crippen LogP contribution >= 0.6 is 0 Å². The minimum absolute atomic E-state index is 0.177. The summed E-state index contributed by atoms with van der Waals surface area (Å²) in [5.41, 5.74) is 4.05. The number of fused-ring (bicyclic) bond motifs is 1. The lowest BCUT2D eigenvalue weighted by molar-refractivity contribution is -0.113. The Morgan fingerprint density at radius 2 is 1.93 bits per heavy atom. The number of allylic oxidation sites excluding steroid dienone is 1. The molecule has 2 heterocycles. The molecule has 148 valence electrons. The Kier molecular flexibility index (Phi) is 5.03. The molecule has 0 saturated carbocycles. The third-order valence-corrected chi connectivity index (χ3v) is 4.94. The first-order valence-corrected chi connectivity index (χ1v) is 9.55. The summed E-state index contributed by atoms with van der Waals surface area (Å²) in [5, 5.41) is 10.6. The number of nitrogens with zero attached hydrogens (tertiary/aromatic N) is 3. The minimum Gasteiger partial charge on any atom is -0.494 e. The molecular weight excluding hydrogens is 366 g/mol. The van der Waals surface area contributed by atoms with Crippen molar-refractivity contribution in [2.75, 3.05) is 17.2 Å². The normalized spacial score (nSPS) is 15.5. The molecule has 0 aliphatic carbocycles. The second-order valence-corrected chi connectivity index (χ2v) is 6.87. The van der Waals surface area contributed by atoms with Gasteiger partial charge in [0.2, 0.25) is 5.95 Å². The van der Waals surface area contributed by atoms with Gasteiger partial charge < -0.3 is 15.4 Å². The first-order valence-electron chi connectivity index (χ1n) is 9.55. The number of para-hydroxylation sites is 1. The van der Waals surface area contributed by atoms with Gasteiger partial charge in [0, 0.05) is 11.4 Å². The van der Waals surface area contributed by atoms with Crippen LogP contribution < -0.4 is 15.4 Å². The van der Waals surface area contributed by atoms with Crippen molar-refractivity contribution in [3.05, 3.63) is 77.3 Å². The molecule has 0 bridgehead atoms. The molecule has 1 aliphatic heterocycles. The number of hydrogen-bond donors (Lipinski definition) is 2. The van der Waals surface area contributed by atoms with Gasteiger partial charge in [-0.3, -0.25) is 4.79 Å². The number of nitrogens with one attached hydrogen (secondary N) is 2. The molecule has 7 nitrogen and oxygen atoms in total. The van der Waals surface area contributed by atoms with Crippen LogP contribution in [0.1, 0.15) is 31.0 Å². The number of aryl methyl sites for hydroxylation is 1. The Bertz CT molecular complexity index is 1070. The molecule has 2 N–H and O–H groups in total. The monoisotopic (exact) mass is 389 g/mol. The zero-order valence-corrected chi connectivity index (χ0v) is 16.6. The van der Waals surface area contributed by atoms with Crippen molar-refractivity contribution in [1.29, 1.82) is 0 Å². The van der Waals surface area contributed by atoms with E-state index in [1.807, 2.05) is 69.3 Å². The van der Waals surface area contributed by atoms with Gasteiger partial charge in [0.25, 0.3) is 5.91 Å². The van der Waals surface area contributed by atoms with Gasteiger partial charge in [-0.15, -0.1) is 0 Å². The molecule has 1 aliphatic rings. The van der Waals surface area contributed by atoms with Gasteiger partial charge in [-0.05, 0) is 50.1 Å². The molecule has 0 spiro atoms. The highest BCUT2D eigenvalue weighted by Crippen LogP contribution is 2.35. The van der Waals surface area contributed by atoms with Gasteiger partial charge >= 0.3 is 0 Å². The van der Waals surface area contributed by atoms with E-state index in [9.17, 15) is 4.79 Å². The van der Waals surface area contributed by atoms with Crippen molar-refractivity contribution >= 4 is 17.5 Å². The number of amides is 1. The molecule has 0 radical (unpaired) electrons. The molecular formula is C22H23N5O2. The molecule has 1 atom stereocenters. The highest BCUT2D eigenvalue weighted by atomic mass is 16.5. The van der Waals surface area contributed by atoms with Crippen LogP contribution in [0.25, 0.3) is 0 Å². The van der Waals surface area contributed by atoms with Gasteiger partial charge in [0.1, 0.15) is 18.1 Å². The highest BCUT2D eigenvalue weighted by molar-refractivity contribution is 6.06. The maximum Gasteiger partial charge on any atom is 0.255 e. The number of ether oxygens (including phenoxy) is 1. The molecule has 4 rings (SSSR count). The summed E-state index contributed by atoms with van der Waals surface area (Å²) in [6.07, 6.45) is 1.49. The predicted molar refractivity (Wildman–Crippen MR) is 112 cm³/mol. The van der Waals surface area contributed by atoms with Crippen molar-refractivity contribution < 1.29 is 9.53 Å². The van der Waals surface area contributed by atoms with Crippen molar-refractivity contribution in [2.45, 2.75) is 26.8 Å². The van der Waals surface area contributed by atoms with E-state index in [1.54, 1.807) is 4.68 Å². The van der Waals surface area contributed by atoms with Gasteiger partial charge in [-0.2, -0.15) is 10.1 Å². The van der Waals surface area contributed by atoms with Crippen molar-refractivity contribution in [3.63, 3.8) is 0 Å². The van der Waals surface area contributed by atoms with Crippen LogP contribution in [0.15, 0.2) is 66.1 Å². The SMILES string of the molecule is CCOc1ccc([C@@H]2C(C(=O)Nc3ccccc3C)=C(C)Nc3ncnn32)cc1. The van der Waals surface area contributed by atoms with Gasteiger partial charge in [0.05, 0.1) is 12.2 Å². The zero-order chi connectivity index (χ0) is 20.4. The summed E-state index contributed by atoms with van der Waals surface area (Å²) in [6.45, 7) is 6.40. The summed E-state index contributed by atoms with van der Waals surface area (Å²) < 4.78 is 7.28. The predicted octanol–water partition coefficient (Wildman–Crippen LogP) is 3.91. The molecule has 29 heavy (non-hydrogen) atoms. The van der Waals surface area contributed by atoms with E-state index in [0.29, 0.717) is 18.1 Å². The highest BCUT2D eigenvalue weighted by Gasteiger charge is 2.33. The topological polar surface area (TPSA) is 81.1 Å². The quantitative estimate of drug-likeness (QED) is 0.691. The molecule has 0 fully saturated rings. The fraction of sp³-hybridized carbons (Fsp3) is 0.227. The number of hydrogen-bond acceptors (Lipinski definition) is 5. The van der Waals surface area contributed by atoms with Gasteiger partial charge in [-0.1, -0.05) is 30.3 Å². The fourth-order valence-corrected chi connectivity index (χ4v) is 3.51. The Labute approximate surface area is 169 Å². The van der Waals surface area contributed by atoms with E-state index >= 15 is 0 Å². The Morgan fingerprint density at radius 3 is 2.66 bits per heavy atom. The summed E-state index contributed by atoms with van der Waals surface area (Å²) in [6, 6.07) is 15.1. The molecule has 7 heteroatoms. The van der Waals surface area contributed by atoms with Crippen molar-refractivity contribution in [2.24, 2.45) is 0 Å². The van der Waals surface area contributed by atoms with Crippen LogP contribution in [-0.2, 0) is 4.79 Å². The van der Waals surface area contributed by atoms with Crippen LogP contribution in [0.4, 0.5) is 11.6 Å². The number of rotatable bonds is 5. The van der Waals surface area contributed by atoms with E-state index in [2.05, 4.69) is 20.7 Å². The van der Waals surface area contributed by atoms with Crippen LogP contribution in [0.5, 0.6) is 5.75 Å². The summed E-state index contributed by atoms with van der Waals surface area (Å²) in [4.78, 5) is 17.6. The van der Waals surface area contributed by atoms with E-state index < -0.39 is 6.04 Å². The van der Waals surface area contributed by atoms with Crippen LogP contribution in [0.2, 0.25) is 0 Å². The van der Waals surface area contributed by atoms with Crippen molar-refractivity contribution in [3.8, 4) is 5.75 Å². The Balaban J connectivity index is 1.73. The smallest absolute Gasteiger partial charge is 0.255 e. The molecule has 0 saturated heterocycles. The molecule has 0 unspecified atom stereocenters. The van der Waals surface area contributed by atoms with E-state index in [4.69, 9.17) is 4.74 Å². The molecule has 2 aromatic carbocycles. The van der Waals surface area contributed by atoms with E-state index in [0.717, 1.165) is 28.3 Å². The zero-order valence-electron chi connectivity index (χ0n) is 16.6. The molecule has 1 amide bonds. The summed E-state index contributed by atoms with van der Waals surface area (Å²) in [5.74, 6) is 1.22. The maximum absolute atomic E-state index is 13.3. The lowest BCUT2D eigenvalue weighted by atomic mass is 9.95. The van der Waals surface area contributed by atoms with E-state index in [-0.39, 0.29) is 5.91 Å².